The first-order chi connectivity index (χ1) is 13.5. The number of rotatable bonds is 4. The SMILES string of the molecule is O=C(C[C@@H]1Sc2ccc(C(F)(F)F)cc2NC1=O)Nc1cc([N+](=O)[O-])ccc1Cl. The van der Waals surface area contributed by atoms with Gasteiger partial charge in [-0.2, -0.15) is 13.2 Å². The molecule has 0 radical (unpaired) electrons. The Morgan fingerprint density at radius 1 is 1.28 bits per heavy atom. The molecule has 1 heterocycles. The minimum Gasteiger partial charge on any atom is -0.325 e. The number of nitro benzene ring substituents is 1. The normalized spacial score (nSPS) is 16.0. The predicted octanol–water partition coefficient (Wildman–Crippen LogP) is 4.71. The van der Waals surface area contributed by atoms with Gasteiger partial charge in [-0.05, 0) is 24.3 Å². The van der Waals surface area contributed by atoms with Crippen molar-refractivity contribution in [2.45, 2.75) is 22.7 Å². The number of fused-ring (bicyclic) bond motifs is 1. The molecule has 0 bridgehead atoms. The Bertz CT molecular complexity index is 1020. The number of carbonyl (C=O) groups is 2. The second-order valence-electron chi connectivity index (χ2n) is 5.98. The minimum atomic E-state index is -4.54. The Balaban J connectivity index is 1.72. The lowest BCUT2D eigenvalue weighted by atomic mass is 10.1. The minimum absolute atomic E-state index is 0.0160. The van der Waals surface area contributed by atoms with Crippen LogP contribution in [0, 0.1) is 10.1 Å². The van der Waals surface area contributed by atoms with Crippen molar-refractivity contribution in [3.63, 3.8) is 0 Å². The fraction of sp³-hybridized carbons (Fsp3) is 0.176. The van der Waals surface area contributed by atoms with Gasteiger partial charge in [0.05, 0.1) is 32.1 Å². The number of nitrogens with one attached hydrogen (secondary N) is 2. The number of anilines is 2. The van der Waals surface area contributed by atoms with E-state index in [0.717, 1.165) is 30.0 Å². The Labute approximate surface area is 170 Å². The first kappa shape index (κ1) is 20.9. The van der Waals surface area contributed by atoms with Crippen LogP contribution in [0.4, 0.5) is 30.2 Å². The second kappa shape index (κ2) is 7.91. The first-order valence-electron chi connectivity index (χ1n) is 7.97. The van der Waals surface area contributed by atoms with Crippen molar-refractivity contribution in [3.05, 3.63) is 57.1 Å². The van der Waals surface area contributed by atoms with Crippen LogP contribution in [0.1, 0.15) is 12.0 Å². The molecule has 152 valence electrons. The molecule has 0 unspecified atom stereocenters. The summed E-state index contributed by atoms with van der Waals surface area (Å²) in [6.45, 7) is 0. The quantitative estimate of drug-likeness (QED) is 0.524. The van der Waals surface area contributed by atoms with Crippen molar-refractivity contribution < 1.29 is 27.7 Å². The summed E-state index contributed by atoms with van der Waals surface area (Å²) in [5.74, 6) is -1.25. The molecule has 1 atom stereocenters. The van der Waals surface area contributed by atoms with E-state index in [2.05, 4.69) is 10.6 Å². The van der Waals surface area contributed by atoms with Crippen molar-refractivity contribution >= 4 is 52.2 Å². The lowest BCUT2D eigenvalue weighted by molar-refractivity contribution is -0.384. The van der Waals surface area contributed by atoms with Crippen LogP contribution < -0.4 is 10.6 Å². The third kappa shape index (κ3) is 4.80. The van der Waals surface area contributed by atoms with E-state index in [4.69, 9.17) is 11.6 Å². The molecule has 2 aromatic rings. The van der Waals surface area contributed by atoms with Crippen molar-refractivity contribution in [2.24, 2.45) is 0 Å². The molecular formula is C17H11ClF3N3O4S. The Morgan fingerprint density at radius 2 is 2.00 bits per heavy atom. The molecule has 0 saturated heterocycles. The van der Waals surface area contributed by atoms with Crippen LogP contribution in [0.15, 0.2) is 41.3 Å². The van der Waals surface area contributed by atoms with Gasteiger partial charge in [0.2, 0.25) is 11.8 Å². The maximum atomic E-state index is 12.8. The van der Waals surface area contributed by atoms with Crippen LogP contribution in [-0.2, 0) is 15.8 Å². The molecule has 2 N–H and O–H groups in total. The van der Waals surface area contributed by atoms with Crippen LogP contribution in [-0.4, -0.2) is 22.0 Å². The topological polar surface area (TPSA) is 101 Å². The third-order valence-electron chi connectivity index (χ3n) is 3.93. The number of thioether (sulfide) groups is 1. The van der Waals surface area contributed by atoms with Crippen LogP contribution in [0.25, 0.3) is 0 Å². The van der Waals surface area contributed by atoms with Gasteiger partial charge in [0.25, 0.3) is 5.69 Å². The number of carbonyl (C=O) groups excluding carboxylic acids is 2. The number of alkyl halides is 3. The number of hydrogen-bond donors (Lipinski definition) is 2. The zero-order valence-corrected chi connectivity index (χ0v) is 15.8. The zero-order valence-electron chi connectivity index (χ0n) is 14.2. The molecule has 12 heteroatoms. The third-order valence-corrected chi connectivity index (χ3v) is 5.54. The molecule has 1 aliphatic rings. The second-order valence-corrected chi connectivity index (χ2v) is 7.63. The molecule has 0 aliphatic carbocycles. The number of halogens is 4. The number of amides is 2. The van der Waals surface area contributed by atoms with Crippen molar-refractivity contribution in [1.82, 2.24) is 0 Å². The van der Waals surface area contributed by atoms with Crippen LogP contribution in [0.2, 0.25) is 5.02 Å². The molecule has 7 nitrogen and oxygen atoms in total. The predicted molar refractivity (Wildman–Crippen MR) is 101 cm³/mol. The summed E-state index contributed by atoms with van der Waals surface area (Å²) in [6.07, 6.45) is -4.85. The summed E-state index contributed by atoms with van der Waals surface area (Å²) in [4.78, 5) is 35.1. The van der Waals surface area contributed by atoms with Gasteiger partial charge in [-0.3, -0.25) is 19.7 Å². The van der Waals surface area contributed by atoms with Gasteiger partial charge in [-0.15, -0.1) is 11.8 Å². The van der Waals surface area contributed by atoms with Gasteiger partial charge in [0.1, 0.15) is 0 Å². The molecule has 0 fully saturated rings. The van der Waals surface area contributed by atoms with E-state index in [9.17, 15) is 32.9 Å². The van der Waals surface area contributed by atoms with Gasteiger partial charge in [-0.25, -0.2) is 0 Å². The van der Waals surface area contributed by atoms with Crippen molar-refractivity contribution in [2.75, 3.05) is 10.6 Å². The zero-order chi connectivity index (χ0) is 21.3. The highest BCUT2D eigenvalue weighted by Crippen LogP contribution is 2.40. The summed E-state index contributed by atoms with van der Waals surface area (Å²) in [5, 5.41) is 14.8. The Morgan fingerprint density at radius 3 is 2.66 bits per heavy atom. The maximum Gasteiger partial charge on any atom is 0.416 e. The lowest BCUT2D eigenvalue weighted by Crippen LogP contribution is -2.32. The van der Waals surface area contributed by atoms with E-state index >= 15 is 0 Å². The summed E-state index contributed by atoms with van der Waals surface area (Å²) >= 11 is 6.88. The fourth-order valence-electron chi connectivity index (χ4n) is 2.55. The molecule has 2 aromatic carbocycles. The number of benzene rings is 2. The van der Waals surface area contributed by atoms with Gasteiger partial charge in [0, 0.05) is 23.4 Å². The first-order valence-corrected chi connectivity index (χ1v) is 9.23. The number of non-ortho nitro benzene ring substituents is 1. The summed E-state index contributed by atoms with van der Waals surface area (Å²) in [6, 6.07) is 6.47. The van der Waals surface area contributed by atoms with E-state index in [1.807, 2.05) is 0 Å². The van der Waals surface area contributed by atoms with Gasteiger partial charge in [-0.1, -0.05) is 11.6 Å². The number of nitro groups is 1. The largest absolute Gasteiger partial charge is 0.416 e. The van der Waals surface area contributed by atoms with Gasteiger partial charge >= 0.3 is 6.18 Å². The molecule has 29 heavy (non-hydrogen) atoms. The summed E-state index contributed by atoms with van der Waals surface area (Å²) in [7, 11) is 0. The number of hydrogen-bond acceptors (Lipinski definition) is 5. The fourth-order valence-corrected chi connectivity index (χ4v) is 3.81. The standard InChI is InChI=1S/C17H11ClF3N3O4S/c18-10-3-2-9(24(27)28)6-11(10)22-15(25)7-14-16(26)23-12-5-8(17(19,20)21)1-4-13(12)29-14/h1-6,14H,7H2,(H,22,25)(H,23,26)/t14-/m0/s1. The maximum absolute atomic E-state index is 12.8. The smallest absolute Gasteiger partial charge is 0.325 e. The van der Waals surface area contributed by atoms with E-state index in [1.165, 1.54) is 18.2 Å². The lowest BCUT2D eigenvalue weighted by Gasteiger charge is -2.24. The molecule has 2 amide bonds. The highest BCUT2D eigenvalue weighted by Gasteiger charge is 2.34. The molecular weight excluding hydrogens is 435 g/mol. The Kier molecular flexibility index (Phi) is 5.71. The average molecular weight is 446 g/mol. The van der Waals surface area contributed by atoms with Crippen LogP contribution in [0.3, 0.4) is 0 Å². The van der Waals surface area contributed by atoms with Crippen LogP contribution >= 0.6 is 23.4 Å². The molecule has 3 rings (SSSR count). The van der Waals surface area contributed by atoms with Gasteiger partial charge in [0.15, 0.2) is 0 Å². The summed E-state index contributed by atoms with van der Waals surface area (Å²) < 4.78 is 38.4. The van der Waals surface area contributed by atoms with E-state index in [0.29, 0.717) is 4.90 Å². The molecule has 1 aliphatic heterocycles. The van der Waals surface area contributed by atoms with E-state index in [-0.39, 0.29) is 28.5 Å². The molecule has 0 spiro atoms. The van der Waals surface area contributed by atoms with Crippen LogP contribution in [0.5, 0.6) is 0 Å². The Hall–Kier alpha value is -2.79. The highest BCUT2D eigenvalue weighted by atomic mass is 35.5. The van der Waals surface area contributed by atoms with Gasteiger partial charge < -0.3 is 10.6 Å². The average Bonchev–Trinajstić information content (AvgIpc) is 2.62. The van der Waals surface area contributed by atoms with Crippen molar-refractivity contribution in [1.29, 1.82) is 0 Å². The number of nitrogens with zero attached hydrogens (tertiary/aromatic N) is 1. The highest BCUT2D eigenvalue weighted by molar-refractivity contribution is 8.01. The molecule has 0 aromatic heterocycles. The summed E-state index contributed by atoms with van der Waals surface area (Å²) in [5.41, 5.74) is -1.13. The molecule has 0 saturated carbocycles. The monoisotopic (exact) mass is 445 g/mol. The van der Waals surface area contributed by atoms with E-state index < -0.39 is 33.7 Å². The van der Waals surface area contributed by atoms with Crippen molar-refractivity contribution in [3.8, 4) is 0 Å². The van der Waals surface area contributed by atoms with E-state index in [1.54, 1.807) is 0 Å².